The summed E-state index contributed by atoms with van der Waals surface area (Å²) in [5, 5.41) is 0. The third kappa shape index (κ3) is 8.31. The SMILES string of the molecule is C(=Nc1ccccc1)c1ccc(C23CC4(c5ccc(C=Nc6ccccc6)cc5)CC(c5ccc(C=Nc6ccccc6)cc5)(C2)CC(c2ccc(C=Nc5ccccc5)cc2)(C3)C4)cc1. The maximum Gasteiger partial charge on any atom is 0.0629 e. The average Bonchev–Trinajstić information content (AvgIpc) is 3.37. The van der Waals surface area contributed by atoms with Crippen LogP contribution in [0.15, 0.2) is 238 Å². The summed E-state index contributed by atoms with van der Waals surface area (Å²) in [5.74, 6) is 0. The van der Waals surface area contributed by atoms with Gasteiger partial charge in [-0.3, -0.25) is 20.0 Å². The molecule has 4 aliphatic carbocycles. The Hall–Kier alpha value is -7.56. The molecule has 0 N–H and O–H groups in total. The van der Waals surface area contributed by atoms with Gasteiger partial charge in [-0.25, -0.2) is 0 Å². The molecule has 0 atom stereocenters. The lowest BCUT2D eigenvalue weighted by Crippen LogP contribution is -2.67. The molecule has 0 spiro atoms. The molecule has 0 radical (unpaired) electrons. The average molecular weight is 853 g/mol. The molecule has 4 heteroatoms. The zero-order valence-corrected chi connectivity index (χ0v) is 37.1. The van der Waals surface area contributed by atoms with Crippen molar-refractivity contribution in [2.45, 2.75) is 60.2 Å². The van der Waals surface area contributed by atoms with E-state index < -0.39 is 0 Å². The summed E-state index contributed by atoms with van der Waals surface area (Å²) in [5.41, 5.74) is 13.7. The fourth-order valence-corrected chi connectivity index (χ4v) is 12.2. The van der Waals surface area contributed by atoms with Gasteiger partial charge >= 0.3 is 0 Å². The maximum atomic E-state index is 4.81. The van der Waals surface area contributed by atoms with Gasteiger partial charge < -0.3 is 0 Å². The molecule has 12 rings (SSSR count). The van der Waals surface area contributed by atoms with Crippen LogP contribution in [0.2, 0.25) is 0 Å². The second kappa shape index (κ2) is 17.4. The molecule has 66 heavy (non-hydrogen) atoms. The molecule has 320 valence electrons. The van der Waals surface area contributed by atoms with E-state index in [4.69, 9.17) is 20.0 Å². The predicted octanol–water partition coefficient (Wildman–Crippen LogP) is 15.1. The highest BCUT2D eigenvalue weighted by Gasteiger charge is 2.69. The van der Waals surface area contributed by atoms with Crippen molar-refractivity contribution in [2.75, 3.05) is 0 Å². The molecule has 0 heterocycles. The smallest absolute Gasteiger partial charge is 0.0629 e. The van der Waals surface area contributed by atoms with E-state index >= 15 is 0 Å². The molecule has 4 aliphatic rings. The first-order valence-electron chi connectivity index (χ1n) is 23.3. The minimum Gasteiger partial charge on any atom is -0.256 e. The standard InChI is InChI=1S/C62H52N4/c1-5-13-55(14-6-1)63-37-47-21-29-51(30-22-47)59-41-60(52-31-23-48(24-32-52)38-64-56-15-7-2-8-16-56)44-61(42-59,53-33-25-49(26-34-53)39-65-57-17-9-3-10-18-57)46-62(43-59,45-60)54-35-27-50(28-36-54)40-66-58-19-11-4-12-20-58/h1-40H,41-46H2. The van der Waals surface area contributed by atoms with Gasteiger partial charge in [-0.05, 0) is 153 Å². The van der Waals surface area contributed by atoms with Crippen LogP contribution in [-0.2, 0) is 21.7 Å². The summed E-state index contributed by atoms with van der Waals surface area (Å²) in [7, 11) is 0. The quantitative estimate of drug-likeness (QED) is 0.110. The van der Waals surface area contributed by atoms with Gasteiger partial charge in [0.25, 0.3) is 0 Å². The van der Waals surface area contributed by atoms with Crippen molar-refractivity contribution in [1.82, 2.24) is 0 Å². The van der Waals surface area contributed by atoms with Gasteiger partial charge in [0.1, 0.15) is 0 Å². The number of benzene rings is 8. The summed E-state index contributed by atoms with van der Waals surface area (Å²) in [6.45, 7) is 0. The first-order valence-corrected chi connectivity index (χ1v) is 23.3. The highest BCUT2D eigenvalue weighted by molar-refractivity contribution is 5.84. The van der Waals surface area contributed by atoms with Gasteiger partial charge in [0.05, 0.1) is 22.7 Å². The van der Waals surface area contributed by atoms with E-state index in [0.717, 1.165) is 83.5 Å². The first kappa shape index (κ1) is 41.2. The summed E-state index contributed by atoms with van der Waals surface area (Å²) in [4.78, 5) is 19.2. The molecule has 4 fully saturated rings. The number of rotatable bonds is 12. The van der Waals surface area contributed by atoms with Crippen LogP contribution in [0.25, 0.3) is 0 Å². The topological polar surface area (TPSA) is 49.4 Å². The Balaban J connectivity index is 1.02. The van der Waals surface area contributed by atoms with E-state index in [1.54, 1.807) is 0 Å². The van der Waals surface area contributed by atoms with Crippen molar-refractivity contribution in [2.24, 2.45) is 20.0 Å². The highest BCUT2D eigenvalue weighted by Crippen LogP contribution is 2.74. The Morgan fingerprint density at radius 3 is 0.591 bits per heavy atom. The van der Waals surface area contributed by atoms with E-state index in [9.17, 15) is 0 Å². The zero-order valence-electron chi connectivity index (χ0n) is 37.1. The Labute approximate surface area is 389 Å². The minimum absolute atomic E-state index is 0.0713. The number of hydrogen-bond acceptors (Lipinski definition) is 4. The van der Waals surface area contributed by atoms with Crippen molar-refractivity contribution in [1.29, 1.82) is 0 Å². The Morgan fingerprint density at radius 2 is 0.409 bits per heavy atom. The lowest BCUT2D eigenvalue weighted by atomic mass is 9.32. The molecular formula is C62H52N4. The summed E-state index contributed by atoms with van der Waals surface area (Å²) >= 11 is 0. The van der Waals surface area contributed by atoms with Crippen molar-refractivity contribution in [3.8, 4) is 0 Å². The van der Waals surface area contributed by atoms with Gasteiger partial charge in [0, 0.05) is 24.9 Å². The van der Waals surface area contributed by atoms with Gasteiger partial charge in [-0.15, -0.1) is 0 Å². The monoisotopic (exact) mass is 852 g/mol. The van der Waals surface area contributed by atoms with Crippen molar-refractivity contribution in [3.63, 3.8) is 0 Å². The Morgan fingerprint density at radius 1 is 0.227 bits per heavy atom. The molecule has 4 nitrogen and oxygen atoms in total. The highest BCUT2D eigenvalue weighted by atomic mass is 14.7. The second-order valence-electron chi connectivity index (χ2n) is 19.0. The van der Waals surface area contributed by atoms with E-state index in [0.29, 0.717) is 0 Å². The third-order valence-corrected chi connectivity index (χ3v) is 14.6. The van der Waals surface area contributed by atoms with Crippen molar-refractivity contribution < 1.29 is 0 Å². The van der Waals surface area contributed by atoms with E-state index in [-0.39, 0.29) is 21.7 Å². The number of aliphatic imine (C=N–C) groups is 4. The van der Waals surface area contributed by atoms with Gasteiger partial charge in [0.2, 0.25) is 0 Å². The normalized spacial score (nSPS) is 23.4. The second-order valence-corrected chi connectivity index (χ2v) is 19.0. The summed E-state index contributed by atoms with van der Waals surface area (Å²) < 4.78 is 0. The van der Waals surface area contributed by atoms with Crippen LogP contribution in [0, 0.1) is 0 Å². The van der Waals surface area contributed by atoms with Gasteiger partial charge in [0.15, 0.2) is 0 Å². The molecule has 4 bridgehead atoms. The molecule has 0 saturated heterocycles. The fraction of sp³-hybridized carbons (Fsp3) is 0.161. The number of nitrogens with zero attached hydrogens (tertiary/aromatic N) is 4. The van der Waals surface area contributed by atoms with Crippen LogP contribution in [0.1, 0.15) is 83.0 Å². The minimum atomic E-state index is -0.0713. The Bertz CT molecular complexity index is 2570. The molecule has 0 amide bonds. The van der Waals surface area contributed by atoms with Crippen LogP contribution in [0.4, 0.5) is 22.7 Å². The van der Waals surface area contributed by atoms with Crippen LogP contribution in [0.3, 0.4) is 0 Å². The van der Waals surface area contributed by atoms with Crippen LogP contribution < -0.4 is 0 Å². The van der Waals surface area contributed by atoms with Crippen molar-refractivity contribution >= 4 is 47.6 Å². The van der Waals surface area contributed by atoms with Crippen LogP contribution in [-0.4, -0.2) is 24.9 Å². The number of para-hydroxylation sites is 4. The summed E-state index contributed by atoms with van der Waals surface area (Å²) in [6.07, 6.45) is 14.6. The third-order valence-electron chi connectivity index (χ3n) is 14.6. The van der Waals surface area contributed by atoms with Gasteiger partial charge in [-0.1, -0.05) is 170 Å². The summed E-state index contributed by atoms with van der Waals surface area (Å²) in [6, 6.07) is 78.5. The van der Waals surface area contributed by atoms with Gasteiger partial charge in [-0.2, -0.15) is 0 Å². The molecule has 0 aliphatic heterocycles. The predicted molar refractivity (Wildman–Crippen MR) is 275 cm³/mol. The molecular weight excluding hydrogens is 801 g/mol. The lowest BCUT2D eigenvalue weighted by Gasteiger charge is -2.71. The molecule has 4 saturated carbocycles. The van der Waals surface area contributed by atoms with E-state index in [1.807, 2.05) is 146 Å². The van der Waals surface area contributed by atoms with Crippen molar-refractivity contribution in [3.05, 3.63) is 263 Å². The zero-order chi connectivity index (χ0) is 44.3. The number of hydrogen-bond donors (Lipinski definition) is 0. The van der Waals surface area contributed by atoms with Crippen LogP contribution in [0.5, 0.6) is 0 Å². The molecule has 8 aromatic carbocycles. The lowest BCUT2D eigenvalue weighted by molar-refractivity contribution is -0.0691. The molecule has 0 unspecified atom stereocenters. The van der Waals surface area contributed by atoms with Crippen LogP contribution >= 0.6 is 0 Å². The molecule has 0 aromatic heterocycles. The maximum absolute atomic E-state index is 4.81. The first-order chi connectivity index (χ1) is 32.5. The largest absolute Gasteiger partial charge is 0.256 e. The van der Waals surface area contributed by atoms with E-state index in [1.165, 1.54) is 22.3 Å². The Kier molecular flexibility index (Phi) is 10.9. The molecule has 8 aromatic rings. The fourth-order valence-electron chi connectivity index (χ4n) is 12.2. The van der Waals surface area contributed by atoms with E-state index in [2.05, 4.69) is 97.1 Å².